The number of hydrogen-bond acceptors (Lipinski definition) is 3. The molecule has 3 nitrogen and oxygen atoms in total. The molecule has 0 heterocycles. The van der Waals surface area contributed by atoms with Gasteiger partial charge in [0.05, 0.1) is 13.7 Å². The first-order chi connectivity index (χ1) is 9.22. The Kier molecular flexibility index (Phi) is 4.42. The van der Waals surface area contributed by atoms with Crippen LogP contribution >= 0.6 is 11.6 Å². The number of nitrogens with one attached hydrogen (secondary N) is 1. The van der Waals surface area contributed by atoms with Crippen molar-refractivity contribution in [2.45, 2.75) is 0 Å². The van der Waals surface area contributed by atoms with Gasteiger partial charge in [-0.15, -0.1) is 0 Å². The maximum Gasteiger partial charge on any atom is 0.152 e. The minimum absolute atomic E-state index is 0.525. The number of benzene rings is 2. The highest BCUT2D eigenvalue weighted by Gasteiger charge is 2.03. The summed E-state index contributed by atoms with van der Waals surface area (Å²) in [5, 5.41) is 3.63. The highest BCUT2D eigenvalue weighted by Crippen LogP contribution is 2.20. The number of rotatable bonds is 5. The molecule has 0 aromatic heterocycles. The van der Waals surface area contributed by atoms with Gasteiger partial charge in [-0.05, 0) is 35.9 Å². The summed E-state index contributed by atoms with van der Waals surface area (Å²) in [4.78, 5) is 10.9. The maximum atomic E-state index is 10.9. The SMILES string of the molecule is COc1ccc([CH]Nc2ccc(Cl)cc2C=O)cc1. The fourth-order valence-corrected chi connectivity index (χ4v) is 1.80. The van der Waals surface area contributed by atoms with Crippen molar-refractivity contribution >= 4 is 23.6 Å². The van der Waals surface area contributed by atoms with E-state index in [1.54, 1.807) is 25.3 Å². The van der Waals surface area contributed by atoms with Crippen LogP contribution < -0.4 is 10.1 Å². The third kappa shape index (κ3) is 3.48. The van der Waals surface area contributed by atoms with E-state index in [4.69, 9.17) is 16.3 Å². The lowest BCUT2D eigenvalue weighted by molar-refractivity contribution is 0.112. The summed E-state index contributed by atoms with van der Waals surface area (Å²) < 4.78 is 5.09. The van der Waals surface area contributed by atoms with Crippen LogP contribution in [0.5, 0.6) is 5.75 Å². The van der Waals surface area contributed by atoms with E-state index in [1.165, 1.54) is 0 Å². The van der Waals surface area contributed by atoms with Gasteiger partial charge in [-0.25, -0.2) is 0 Å². The van der Waals surface area contributed by atoms with E-state index in [9.17, 15) is 4.79 Å². The molecule has 1 radical (unpaired) electrons. The van der Waals surface area contributed by atoms with Gasteiger partial charge in [0.25, 0.3) is 0 Å². The predicted octanol–water partition coefficient (Wildman–Crippen LogP) is 3.78. The number of anilines is 1. The molecule has 19 heavy (non-hydrogen) atoms. The zero-order valence-corrected chi connectivity index (χ0v) is 11.1. The molecule has 0 bridgehead atoms. The Balaban J connectivity index is 2.07. The van der Waals surface area contributed by atoms with Crippen LogP contribution in [0.1, 0.15) is 15.9 Å². The Labute approximate surface area is 117 Å². The highest BCUT2D eigenvalue weighted by atomic mass is 35.5. The fraction of sp³-hybridized carbons (Fsp3) is 0.0667. The van der Waals surface area contributed by atoms with Crippen LogP contribution in [-0.2, 0) is 0 Å². The minimum Gasteiger partial charge on any atom is -0.497 e. The van der Waals surface area contributed by atoms with Crippen molar-refractivity contribution in [1.29, 1.82) is 0 Å². The molecule has 4 heteroatoms. The molecule has 0 fully saturated rings. The quantitative estimate of drug-likeness (QED) is 0.843. The Hall–Kier alpha value is -2.00. The molecule has 0 saturated heterocycles. The Morgan fingerprint density at radius 2 is 1.89 bits per heavy atom. The molecule has 0 aliphatic carbocycles. The zero-order valence-electron chi connectivity index (χ0n) is 10.4. The van der Waals surface area contributed by atoms with Gasteiger partial charge in [0.15, 0.2) is 6.29 Å². The first-order valence-electron chi connectivity index (χ1n) is 5.71. The average molecular weight is 275 g/mol. The summed E-state index contributed by atoms with van der Waals surface area (Å²) in [7, 11) is 1.63. The van der Waals surface area contributed by atoms with Gasteiger partial charge in [-0.3, -0.25) is 4.79 Å². The maximum absolute atomic E-state index is 10.9. The molecule has 1 N–H and O–H groups in total. The van der Waals surface area contributed by atoms with Crippen LogP contribution in [0.3, 0.4) is 0 Å². The number of carbonyl (C=O) groups is 1. The van der Waals surface area contributed by atoms with E-state index in [0.717, 1.165) is 23.3 Å². The molecule has 2 aromatic rings. The number of halogens is 1. The van der Waals surface area contributed by atoms with Crippen LogP contribution in [0.2, 0.25) is 5.02 Å². The lowest BCUT2D eigenvalue weighted by atomic mass is 10.1. The summed E-state index contributed by atoms with van der Waals surface area (Å²) in [6, 6.07) is 12.7. The van der Waals surface area contributed by atoms with Crippen molar-refractivity contribution in [2.24, 2.45) is 0 Å². The standard InChI is InChI=1S/C15H13ClNO2/c1-19-14-5-2-11(3-6-14)9-17-15-7-4-13(16)8-12(15)10-18/h2-10,17H,1H3. The first-order valence-corrected chi connectivity index (χ1v) is 6.09. The highest BCUT2D eigenvalue weighted by molar-refractivity contribution is 6.31. The van der Waals surface area contributed by atoms with Crippen LogP contribution in [0.4, 0.5) is 5.69 Å². The molecule has 0 unspecified atom stereocenters. The summed E-state index contributed by atoms with van der Waals surface area (Å²) in [5.41, 5.74) is 2.22. The molecule has 2 rings (SSSR count). The number of carbonyl (C=O) groups excluding carboxylic acids is 1. The van der Waals surface area contributed by atoms with Gasteiger partial charge in [0, 0.05) is 16.3 Å². The normalized spacial score (nSPS) is 10.0. The molecule has 0 aliphatic rings. The molecule has 2 aromatic carbocycles. The van der Waals surface area contributed by atoms with Crippen molar-refractivity contribution in [1.82, 2.24) is 0 Å². The number of ether oxygens (including phenoxy) is 1. The van der Waals surface area contributed by atoms with Crippen LogP contribution in [0.25, 0.3) is 0 Å². The fourth-order valence-electron chi connectivity index (χ4n) is 1.62. The molecule has 0 saturated carbocycles. The second kappa shape index (κ2) is 6.25. The van der Waals surface area contributed by atoms with Gasteiger partial charge in [0.1, 0.15) is 5.75 Å². The van der Waals surface area contributed by atoms with Crippen LogP contribution in [-0.4, -0.2) is 13.4 Å². The van der Waals surface area contributed by atoms with E-state index >= 15 is 0 Å². The van der Waals surface area contributed by atoms with E-state index in [0.29, 0.717) is 10.6 Å². The summed E-state index contributed by atoms with van der Waals surface area (Å²) >= 11 is 5.84. The lowest BCUT2D eigenvalue weighted by Crippen LogP contribution is -1.99. The van der Waals surface area contributed by atoms with Crippen molar-refractivity contribution in [3.63, 3.8) is 0 Å². The number of hydrogen-bond donors (Lipinski definition) is 1. The monoisotopic (exact) mass is 274 g/mol. The summed E-state index contributed by atoms with van der Waals surface area (Å²) in [6.45, 7) is 1.82. The van der Waals surface area contributed by atoms with E-state index in [-0.39, 0.29) is 0 Å². The van der Waals surface area contributed by atoms with Crippen molar-refractivity contribution in [3.05, 3.63) is 65.2 Å². The second-order valence-electron chi connectivity index (χ2n) is 3.91. The molecular weight excluding hydrogens is 262 g/mol. The van der Waals surface area contributed by atoms with Gasteiger partial charge in [0.2, 0.25) is 0 Å². The first kappa shape index (κ1) is 13.4. The molecular formula is C15H13ClNO2. The third-order valence-corrected chi connectivity index (χ3v) is 2.89. The number of methoxy groups -OCH3 is 1. The largest absolute Gasteiger partial charge is 0.497 e. The van der Waals surface area contributed by atoms with Crippen LogP contribution in [0.15, 0.2) is 42.5 Å². The van der Waals surface area contributed by atoms with Crippen molar-refractivity contribution in [3.8, 4) is 5.75 Å². The van der Waals surface area contributed by atoms with Gasteiger partial charge < -0.3 is 10.1 Å². The van der Waals surface area contributed by atoms with E-state index < -0.39 is 0 Å². The average Bonchev–Trinajstić information content (AvgIpc) is 2.46. The number of aldehydes is 1. The van der Waals surface area contributed by atoms with Crippen molar-refractivity contribution in [2.75, 3.05) is 12.4 Å². The Bertz CT molecular complexity index is 567. The van der Waals surface area contributed by atoms with E-state index in [1.807, 2.05) is 30.8 Å². The third-order valence-electron chi connectivity index (χ3n) is 2.65. The van der Waals surface area contributed by atoms with Crippen LogP contribution in [0, 0.1) is 6.54 Å². The lowest BCUT2D eigenvalue weighted by Gasteiger charge is -2.09. The summed E-state index contributed by atoms with van der Waals surface area (Å²) in [5.74, 6) is 0.803. The smallest absolute Gasteiger partial charge is 0.152 e. The summed E-state index contributed by atoms with van der Waals surface area (Å²) in [6.07, 6.45) is 0.774. The van der Waals surface area contributed by atoms with Gasteiger partial charge in [-0.2, -0.15) is 0 Å². The Morgan fingerprint density at radius 1 is 1.16 bits per heavy atom. The van der Waals surface area contributed by atoms with Gasteiger partial charge in [-0.1, -0.05) is 23.7 Å². The van der Waals surface area contributed by atoms with E-state index in [2.05, 4.69) is 5.32 Å². The molecule has 0 aliphatic heterocycles. The molecule has 0 spiro atoms. The minimum atomic E-state index is 0.525. The van der Waals surface area contributed by atoms with Crippen molar-refractivity contribution < 1.29 is 9.53 Å². The molecule has 0 atom stereocenters. The molecule has 97 valence electrons. The van der Waals surface area contributed by atoms with Gasteiger partial charge >= 0.3 is 0 Å². The predicted molar refractivity (Wildman–Crippen MR) is 76.9 cm³/mol. The zero-order chi connectivity index (χ0) is 13.7. The molecule has 0 amide bonds. The second-order valence-corrected chi connectivity index (χ2v) is 4.35. The topological polar surface area (TPSA) is 38.3 Å². The Morgan fingerprint density at radius 3 is 2.53 bits per heavy atom.